The second-order valence-electron chi connectivity index (χ2n) is 5.48. The van der Waals surface area contributed by atoms with Gasteiger partial charge in [-0.2, -0.15) is 0 Å². The predicted octanol–water partition coefficient (Wildman–Crippen LogP) is 4.58. The third-order valence-electron chi connectivity index (χ3n) is 3.40. The smallest absolute Gasteiger partial charge is 0.196 e. The molecule has 24 heavy (non-hydrogen) atoms. The summed E-state index contributed by atoms with van der Waals surface area (Å²) in [5.74, 6) is 1.19. The number of hydrogen-bond acceptors (Lipinski definition) is 4. The Hall–Kier alpha value is -2.11. The maximum Gasteiger partial charge on any atom is 0.196 e. The van der Waals surface area contributed by atoms with Gasteiger partial charge in [-0.3, -0.25) is 9.36 Å². The summed E-state index contributed by atoms with van der Waals surface area (Å²) in [4.78, 5) is 11.3. The summed E-state index contributed by atoms with van der Waals surface area (Å²) in [5.41, 5.74) is 3.03. The van der Waals surface area contributed by atoms with Crippen molar-refractivity contribution in [2.75, 3.05) is 5.75 Å². The van der Waals surface area contributed by atoms with E-state index in [9.17, 15) is 4.79 Å². The number of aryl methyl sites for hydroxylation is 1. The lowest BCUT2D eigenvalue weighted by Crippen LogP contribution is -2.02. The molecule has 0 saturated heterocycles. The molecule has 122 valence electrons. The van der Waals surface area contributed by atoms with Crippen LogP contribution in [0.2, 0.25) is 5.02 Å². The van der Waals surface area contributed by atoms with Gasteiger partial charge >= 0.3 is 0 Å². The number of halogens is 1. The van der Waals surface area contributed by atoms with Crippen LogP contribution in [0.1, 0.15) is 12.5 Å². The zero-order chi connectivity index (χ0) is 17.1. The minimum atomic E-state index is 0.104. The fourth-order valence-electron chi connectivity index (χ4n) is 2.32. The number of hydrogen-bond donors (Lipinski definition) is 0. The van der Waals surface area contributed by atoms with Gasteiger partial charge in [-0.25, -0.2) is 0 Å². The third-order valence-corrected chi connectivity index (χ3v) is 4.73. The second-order valence-corrected chi connectivity index (χ2v) is 6.86. The van der Waals surface area contributed by atoms with Crippen molar-refractivity contribution in [3.05, 3.63) is 59.1 Å². The molecule has 1 aromatic heterocycles. The Balaban J connectivity index is 2.12. The minimum absolute atomic E-state index is 0.104. The number of ketones is 1. The van der Waals surface area contributed by atoms with Gasteiger partial charge in [-0.05, 0) is 55.8 Å². The fourth-order valence-corrected chi connectivity index (χ4v) is 3.19. The monoisotopic (exact) mass is 357 g/mol. The van der Waals surface area contributed by atoms with Crippen molar-refractivity contribution in [3.8, 4) is 17.1 Å². The van der Waals surface area contributed by atoms with Crippen molar-refractivity contribution < 1.29 is 4.79 Å². The number of nitrogens with zero attached hydrogens (tertiary/aromatic N) is 3. The number of thioether (sulfide) groups is 1. The Labute approximate surface area is 149 Å². The Bertz CT molecular complexity index is 874. The van der Waals surface area contributed by atoms with E-state index in [4.69, 9.17) is 11.6 Å². The molecule has 4 nitrogen and oxygen atoms in total. The summed E-state index contributed by atoms with van der Waals surface area (Å²) in [7, 11) is 0. The van der Waals surface area contributed by atoms with E-state index in [0.29, 0.717) is 15.9 Å². The first-order chi connectivity index (χ1) is 11.5. The molecular weight excluding hydrogens is 342 g/mol. The summed E-state index contributed by atoms with van der Waals surface area (Å²) in [6.07, 6.45) is 0. The number of carbonyl (C=O) groups excluding carboxylic acids is 1. The second kappa shape index (κ2) is 7.20. The van der Waals surface area contributed by atoms with E-state index < -0.39 is 0 Å². The average Bonchev–Trinajstić information content (AvgIpc) is 2.97. The molecular formula is C18H16ClN3OS. The van der Waals surface area contributed by atoms with Gasteiger partial charge in [0.1, 0.15) is 5.78 Å². The van der Waals surface area contributed by atoms with Gasteiger partial charge in [0.25, 0.3) is 0 Å². The van der Waals surface area contributed by atoms with Crippen LogP contribution >= 0.6 is 23.4 Å². The number of aromatic nitrogens is 3. The van der Waals surface area contributed by atoms with Crippen LogP contribution in [-0.4, -0.2) is 26.3 Å². The molecule has 2 aromatic carbocycles. The molecule has 0 bridgehead atoms. The third kappa shape index (κ3) is 3.68. The van der Waals surface area contributed by atoms with Gasteiger partial charge in [-0.15, -0.1) is 10.2 Å². The van der Waals surface area contributed by atoms with Crippen LogP contribution in [0.3, 0.4) is 0 Å². The highest BCUT2D eigenvalue weighted by atomic mass is 35.5. The maximum absolute atomic E-state index is 11.3. The van der Waals surface area contributed by atoms with E-state index in [1.54, 1.807) is 6.92 Å². The van der Waals surface area contributed by atoms with Crippen LogP contribution < -0.4 is 0 Å². The van der Waals surface area contributed by atoms with Gasteiger partial charge in [0, 0.05) is 16.3 Å². The standard InChI is InChI=1S/C18H16ClN3OS/c1-12-4-3-5-16(10-12)22-17(14-6-8-15(19)9-7-14)20-21-18(22)24-11-13(2)23/h3-10H,11H2,1-2H3. The molecule has 0 N–H and O–H groups in total. The van der Waals surface area contributed by atoms with Crippen molar-refractivity contribution >= 4 is 29.1 Å². The quantitative estimate of drug-likeness (QED) is 0.627. The molecule has 1 heterocycles. The summed E-state index contributed by atoms with van der Waals surface area (Å²) in [6.45, 7) is 3.61. The SMILES string of the molecule is CC(=O)CSc1nnc(-c2ccc(Cl)cc2)n1-c1cccc(C)c1. The first-order valence-corrected chi connectivity index (χ1v) is 8.81. The van der Waals surface area contributed by atoms with E-state index >= 15 is 0 Å². The van der Waals surface area contributed by atoms with Gasteiger partial charge in [0.2, 0.25) is 0 Å². The summed E-state index contributed by atoms with van der Waals surface area (Å²) in [5, 5.41) is 9.99. The largest absolute Gasteiger partial charge is 0.299 e. The van der Waals surface area contributed by atoms with Crippen molar-refractivity contribution in [1.29, 1.82) is 0 Å². The van der Waals surface area contributed by atoms with E-state index in [1.165, 1.54) is 11.8 Å². The average molecular weight is 358 g/mol. The molecule has 0 saturated carbocycles. The highest BCUT2D eigenvalue weighted by Crippen LogP contribution is 2.29. The molecule has 0 fully saturated rings. The van der Waals surface area contributed by atoms with Gasteiger partial charge < -0.3 is 0 Å². The van der Waals surface area contributed by atoms with Crippen LogP contribution in [0.25, 0.3) is 17.1 Å². The number of rotatable bonds is 5. The Morgan fingerprint density at radius 2 is 1.92 bits per heavy atom. The Kier molecular flexibility index (Phi) is 5.02. The summed E-state index contributed by atoms with van der Waals surface area (Å²) < 4.78 is 1.98. The molecule has 0 radical (unpaired) electrons. The normalized spacial score (nSPS) is 10.8. The summed E-state index contributed by atoms with van der Waals surface area (Å²) >= 11 is 7.37. The fraction of sp³-hybridized carbons (Fsp3) is 0.167. The molecule has 0 amide bonds. The van der Waals surface area contributed by atoms with Crippen molar-refractivity contribution in [1.82, 2.24) is 14.8 Å². The number of benzene rings is 2. The lowest BCUT2D eigenvalue weighted by atomic mass is 10.2. The molecule has 0 aliphatic carbocycles. The van der Waals surface area contributed by atoms with Crippen LogP contribution in [-0.2, 0) is 4.79 Å². The zero-order valence-corrected chi connectivity index (χ0v) is 14.9. The predicted molar refractivity (Wildman–Crippen MR) is 97.9 cm³/mol. The topological polar surface area (TPSA) is 47.8 Å². The molecule has 0 atom stereocenters. The molecule has 0 spiro atoms. The van der Waals surface area contributed by atoms with Crippen molar-refractivity contribution in [2.45, 2.75) is 19.0 Å². The lowest BCUT2D eigenvalue weighted by molar-refractivity contribution is -0.114. The van der Waals surface area contributed by atoms with E-state index in [-0.39, 0.29) is 5.78 Å². The van der Waals surface area contributed by atoms with Crippen LogP contribution in [0.4, 0.5) is 0 Å². The number of carbonyl (C=O) groups is 1. The zero-order valence-electron chi connectivity index (χ0n) is 13.4. The van der Waals surface area contributed by atoms with E-state index in [1.807, 2.05) is 54.0 Å². The van der Waals surface area contributed by atoms with Crippen LogP contribution in [0, 0.1) is 6.92 Å². The highest BCUT2D eigenvalue weighted by molar-refractivity contribution is 7.99. The molecule has 0 aliphatic rings. The van der Waals surface area contributed by atoms with Crippen LogP contribution in [0.15, 0.2) is 53.7 Å². The highest BCUT2D eigenvalue weighted by Gasteiger charge is 2.16. The van der Waals surface area contributed by atoms with E-state index in [0.717, 1.165) is 22.6 Å². The maximum atomic E-state index is 11.3. The molecule has 6 heteroatoms. The summed E-state index contributed by atoms with van der Waals surface area (Å²) in [6, 6.07) is 15.6. The van der Waals surface area contributed by atoms with Crippen molar-refractivity contribution in [3.63, 3.8) is 0 Å². The molecule has 0 aliphatic heterocycles. The molecule has 0 unspecified atom stereocenters. The Morgan fingerprint density at radius 3 is 2.58 bits per heavy atom. The lowest BCUT2D eigenvalue weighted by Gasteiger charge is -2.11. The van der Waals surface area contributed by atoms with Gasteiger partial charge in [0.05, 0.1) is 5.75 Å². The van der Waals surface area contributed by atoms with Crippen molar-refractivity contribution in [2.24, 2.45) is 0 Å². The minimum Gasteiger partial charge on any atom is -0.299 e. The molecule has 3 aromatic rings. The van der Waals surface area contributed by atoms with Crippen LogP contribution in [0.5, 0.6) is 0 Å². The first kappa shape index (κ1) is 16.7. The van der Waals surface area contributed by atoms with E-state index in [2.05, 4.69) is 16.3 Å². The molecule has 3 rings (SSSR count). The van der Waals surface area contributed by atoms with Gasteiger partial charge in [-0.1, -0.05) is 35.5 Å². The van der Waals surface area contributed by atoms with Gasteiger partial charge in [0.15, 0.2) is 11.0 Å². The first-order valence-electron chi connectivity index (χ1n) is 7.45. The Morgan fingerprint density at radius 1 is 1.17 bits per heavy atom. The number of Topliss-reactive ketones (excluding diaryl/α,β-unsaturated/α-hetero) is 1.